The largest absolute Gasteiger partial charge is 1.00 e. The third-order valence-corrected chi connectivity index (χ3v) is 16.4. The van der Waals surface area contributed by atoms with Gasteiger partial charge in [0.05, 0.1) is 81.2 Å². The zero-order chi connectivity index (χ0) is 58.2. The molecule has 0 bridgehead atoms. The van der Waals surface area contributed by atoms with Crippen LogP contribution in [0.25, 0.3) is 21.5 Å². The number of carbonyl (C=O) groups is 4. The van der Waals surface area contributed by atoms with Crippen LogP contribution < -0.4 is 39.8 Å². The molecule has 0 radical (unpaired) electrons. The molecule has 82 heavy (non-hydrogen) atoms. The monoisotopic (exact) mass is 1180 g/mol. The van der Waals surface area contributed by atoms with Crippen molar-refractivity contribution in [1.82, 2.24) is 10.4 Å². The quantitative estimate of drug-likeness (QED) is 0.0179. The van der Waals surface area contributed by atoms with E-state index in [9.17, 15) is 45.1 Å². The first-order valence-corrected chi connectivity index (χ1v) is 30.5. The van der Waals surface area contributed by atoms with E-state index in [1.807, 2.05) is 30.4 Å². The molecule has 19 nitrogen and oxygen atoms in total. The SMILES string of the molecule is CC1(C)C(/C=C/C=C/C=C/C=C2\N(CCCCS(=O)(=O)[O-])c3ccc4ccccc4c3C2(C)C)=[N+](CCCCCC(=O)NCCOCCOCCOCCOCCC(=O)ON2C(=O)CC(S(=O)(=O)[O-])C2=O)c2ccc3ccccc3c21.[Na+]. The topological polar surface area (TPSA) is 250 Å². The number of hydrogen-bond donors (Lipinski definition) is 1. The van der Waals surface area contributed by atoms with Gasteiger partial charge in [-0.15, -0.1) is 5.06 Å². The fourth-order valence-corrected chi connectivity index (χ4v) is 11.9. The van der Waals surface area contributed by atoms with Gasteiger partial charge >= 0.3 is 35.5 Å². The number of nitrogens with zero attached hydrogens (tertiary/aromatic N) is 3. The predicted molar refractivity (Wildman–Crippen MR) is 306 cm³/mol. The smallest absolute Gasteiger partial charge is 0.748 e. The van der Waals surface area contributed by atoms with E-state index in [-0.39, 0.29) is 90.0 Å². The fraction of sp³-hybridized carbons (Fsp3) is 0.450. The van der Waals surface area contributed by atoms with E-state index >= 15 is 0 Å². The van der Waals surface area contributed by atoms with Crippen molar-refractivity contribution in [2.75, 3.05) is 83.1 Å². The normalized spacial score (nSPS) is 17.3. The van der Waals surface area contributed by atoms with Crippen LogP contribution >= 0.6 is 0 Å². The number of imide groups is 1. The summed E-state index contributed by atoms with van der Waals surface area (Å²) in [6.07, 6.45) is 17.2. The Bertz CT molecular complexity index is 3320. The maximum atomic E-state index is 12.7. The summed E-state index contributed by atoms with van der Waals surface area (Å²) in [5.41, 5.74) is 6.51. The van der Waals surface area contributed by atoms with Crippen LogP contribution in [0.4, 0.5) is 11.4 Å². The molecule has 4 aromatic carbocycles. The molecule has 1 N–H and O–H groups in total. The minimum atomic E-state index is -5.06. The molecule has 4 aromatic rings. The first kappa shape index (κ1) is 65.7. The Kier molecular flexibility index (Phi) is 24.4. The molecule has 0 spiro atoms. The molecule has 1 unspecified atom stereocenters. The van der Waals surface area contributed by atoms with Crippen LogP contribution in [0.15, 0.2) is 121 Å². The van der Waals surface area contributed by atoms with Crippen molar-refractivity contribution in [3.63, 3.8) is 0 Å². The van der Waals surface area contributed by atoms with Crippen molar-refractivity contribution in [3.8, 4) is 0 Å². The Hall–Kier alpha value is -5.43. The standard InChI is InChI=1S/C60H74N4O15S2.Na/c1-59(2)51(23-9-6-5-7-10-24-52-60(3,4)57-47-22-15-13-20-45(47)27-29-49(57)63(52)33-17-18-42-80(69,70)71)62(48-28-26-44-19-12-14-21-46(44)56(48)59)32-16-8-11-25-53(65)61-31-35-76-37-39-78-41-40-77-38-36-75-34-30-55(67)79-64-54(66)43-50(58(64)68)81(72,73)74;/h5-7,9-10,12-15,19-24,26-29,50H,8,11,16-18,25,30-43H2,1-4H3,(H2-,61,65,69,70,71,72,73,74);/q;+1/p-1. The number of allylic oxidation sites excluding steroid dienone is 8. The van der Waals surface area contributed by atoms with E-state index in [0.29, 0.717) is 58.8 Å². The summed E-state index contributed by atoms with van der Waals surface area (Å²) >= 11 is 0. The van der Waals surface area contributed by atoms with Crippen LogP contribution in [-0.4, -0.2) is 148 Å². The van der Waals surface area contributed by atoms with Crippen molar-refractivity contribution in [1.29, 1.82) is 0 Å². The number of nitrogens with one attached hydrogen (secondary N) is 1. The van der Waals surface area contributed by atoms with Crippen molar-refractivity contribution in [2.45, 2.75) is 95.1 Å². The third-order valence-electron chi connectivity index (χ3n) is 14.5. The van der Waals surface area contributed by atoms with Gasteiger partial charge in [-0.25, -0.2) is 21.6 Å². The second-order valence-electron chi connectivity index (χ2n) is 21.0. The number of anilines is 1. The van der Waals surface area contributed by atoms with Crippen LogP contribution in [-0.2, 0) is 74.0 Å². The molecule has 0 saturated carbocycles. The number of carbonyl (C=O) groups excluding carboxylic acids is 4. The van der Waals surface area contributed by atoms with Crippen LogP contribution in [0.2, 0.25) is 0 Å². The number of benzene rings is 4. The summed E-state index contributed by atoms with van der Waals surface area (Å²) in [5.74, 6) is -3.90. The van der Waals surface area contributed by atoms with Crippen molar-refractivity contribution < 1.29 is 103 Å². The molecule has 22 heteroatoms. The van der Waals surface area contributed by atoms with E-state index < -0.39 is 49.7 Å². The molecule has 1 fully saturated rings. The summed E-state index contributed by atoms with van der Waals surface area (Å²) in [6.45, 7) is 12.6. The molecule has 3 aliphatic heterocycles. The molecule has 1 atom stereocenters. The second kappa shape index (κ2) is 30.4. The average molecular weight is 1180 g/mol. The molecule has 3 heterocycles. The van der Waals surface area contributed by atoms with Gasteiger partial charge in [0.1, 0.15) is 21.9 Å². The number of rotatable bonds is 32. The van der Waals surface area contributed by atoms with Crippen molar-refractivity contribution >= 4 is 82.6 Å². The van der Waals surface area contributed by atoms with Gasteiger partial charge in [0.2, 0.25) is 11.6 Å². The Labute approximate surface area is 503 Å². The van der Waals surface area contributed by atoms with Gasteiger partial charge in [-0.1, -0.05) is 98.8 Å². The number of ether oxygens (including phenoxy) is 4. The van der Waals surface area contributed by atoms with Gasteiger partial charge in [0.25, 0.3) is 11.8 Å². The molecular weight excluding hydrogens is 1100 g/mol. The molecule has 0 aliphatic carbocycles. The van der Waals surface area contributed by atoms with Gasteiger partial charge in [-0.2, -0.15) is 4.58 Å². The van der Waals surface area contributed by atoms with Gasteiger partial charge in [-0.3, -0.25) is 14.4 Å². The van der Waals surface area contributed by atoms with Gasteiger partial charge in [-0.05, 0) is 84.8 Å². The number of fused-ring (bicyclic) bond motifs is 6. The molecule has 3 aliphatic rings. The maximum Gasteiger partial charge on any atom is 1.00 e. The zero-order valence-electron chi connectivity index (χ0n) is 47.5. The van der Waals surface area contributed by atoms with Gasteiger partial charge in [0.15, 0.2) is 5.71 Å². The number of hydrogen-bond acceptors (Lipinski definition) is 16. The summed E-state index contributed by atoms with van der Waals surface area (Å²) in [5, 5.41) is 5.60. The first-order valence-electron chi connectivity index (χ1n) is 27.4. The molecule has 0 aromatic heterocycles. The summed E-state index contributed by atoms with van der Waals surface area (Å²) in [4.78, 5) is 55.2. The van der Waals surface area contributed by atoms with Crippen molar-refractivity contribution in [2.24, 2.45) is 0 Å². The maximum absolute atomic E-state index is 12.7. The average Bonchev–Trinajstić information content (AvgIpc) is 2.03. The van der Waals surface area contributed by atoms with E-state index in [0.717, 1.165) is 42.6 Å². The number of unbranched alkanes of at least 4 members (excludes halogenated alkanes) is 3. The van der Waals surface area contributed by atoms with E-state index in [2.05, 4.69) is 132 Å². The summed E-state index contributed by atoms with van der Waals surface area (Å²) in [7, 11) is -9.35. The Morgan fingerprint density at radius 3 is 1.93 bits per heavy atom. The third kappa shape index (κ3) is 17.3. The van der Waals surface area contributed by atoms with Gasteiger partial charge in [0, 0.05) is 66.2 Å². The van der Waals surface area contributed by atoms with Crippen LogP contribution in [0.1, 0.15) is 90.2 Å². The zero-order valence-corrected chi connectivity index (χ0v) is 51.1. The molecule has 1 saturated heterocycles. The van der Waals surface area contributed by atoms with E-state index in [1.54, 1.807) is 0 Å². The van der Waals surface area contributed by atoms with Crippen LogP contribution in [0, 0.1) is 0 Å². The molecular formula is C60H73N4NaO15S2. The predicted octanol–water partition coefficient (Wildman–Crippen LogP) is 4.31. The van der Waals surface area contributed by atoms with Crippen LogP contribution in [0.3, 0.4) is 0 Å². The minimum absolute atomic E-state index is 0. The molecule has 7 rings (SSSR count). The Morgan fingerprint density at radius 1 is 0.683 bits per heavy atom. The van der Waals surface area contributed by atoms with E-state index in [4.69, 9.17) is 18.9 Å². The minimum Gasteiger partial charge on any atom is -0.748 e. The van der Waals surface area contributed by atoms with E-state index in [1.165, 1.54) is 38.7 Å². The van der Waals surface area contributed by atoms with Crippen LogP contribution in [0.5, 0.6) is 0 Å². The van der Waals surface area contributed by atoms with Crippen molar-refractivity contribution in [3.05, 3.63) is 132 Å². The number of amides is 3. The fourth-order valence-electron chi connectivity index (χ4n) is 10.6. The summed E-state index contributed by atoms with van der Waals surface area (Å²) < 4.78 is 91.7. The first-order chi connectivity index (χ1) is 38.7. The van der Waals surface area contributed by atoms with Gasteiger partial charge < -0.3 is 43.1 Å². The Balaban J connectivity index is 0.0000108. The Morgan fingerprint density at radius 2 is 1.28 bits per heavy atom. The molecule has 436 valence electrons. The molecule has 3 amide bonds. The second-order valence-corrected chi connectivity index (χ2v) is 24.1. The number of hydroxylamine groups is 2. The summed E-state index contributed by atoms with van der Waals surface area (Å²) in [6, 6.07) is 25.6.